The Bertz CT molecular complexity index is 919. The standard InChI is InChI=1S/C23H28N2/c1-16-6-5-7-19(12-16)10-11-25-22-9-8-17(2)13-20(22)21-15-24(4)18(3)14-23(21)25/h5-9,12-13,18H,10-11,14-15H2,1-4H3. The highest BCUT2D eigenvalue weighted by molar-refractivity contribution is 5.86. The summed E-state index contributed by atoms with van der Waals surface area (Å²) in [4.78, 5) is 2.48. The summed E-state index contributed by atoms with van der Waals surface area (Å²) in [6.07, 6.45) is 2.24. The SMILES string of the molecule is Cc1cccc(CCn2c3c(c4cc(C)ccc42)CN(C)C(C)C3)c1. The Morgan fingerprint density at radius 2 is 1.84 bits per heavy atom. The van der Waals surface area contributed by atoms with Crippen molar-refractivity contribution in [2.24, 2.45) is 0 Å². The van der Waals surface area contributed by atoms with E-state index in [1.165, 1.54) is 27.6 Å². The Balaban J connectivity index is 1.76. The number of fused-ring (bicyclic) bond motifs is 3. The fraction of sp³-hybridized carbons (Fsp3) is 0.391. The second-order valence-electron chi connectivity index (χ2n) is 7.80. The normalized spacial score (nSPS) is 17.8. The highest BCUT2D eigenvalue weighted by Gasteiger charge is 2.26. The number of hydrogen-bond donors (Lipinski definition) is 0. The molecule has 25 heavy (non-hydrogen) atoms. The molecule has 0 fully saturated rings. The van der Waals surface area contributed by atoms with E-state index in [1.807, 2.05) is 0 Å². The van der Waals surface area contributed by atoms with Gasteiger partial charge in [-0.3, -0.25) is 4.90 Å². The molecule has 1 aliphatic rings. The third-order valence-corrected chi connectivity index (χ3v) is 5.80. The lowest BCUT2D eigenvalue weighted by molar-refractivity contribution is 0.228. The summed E-state index contributed by atoms with van der Waals surface area (Å²) in [6.45, 7) is 8.85. The van der Waals surface area contributed by atoms with Gasteiger partial charge in [-0.15, -0.1) is 0 Å². The van der Waals surface area contributed by atoms with Gasteiger partial charge in [-0.2, -0.15) is 0 Å². The summed E-state index contributed by atoms with van der Waals surface area (Å²) in [5.41, 5.74) is 8.65. The predicted molar refractivity (Wildman–Crippen MR) is 106 cm³/mol. The van der Waals surface area contributed by atoms with Gasteiger partial charge in [-0.05, 0) is 57.5 Å². The molecule has 2 heterocycles. The summed E-state index contributed by atoms with van der Waals surface area (Å²) < 4.78 is 2.59. The van der Waals surface area contributed by atoms with Crippen LogP contribution in [0.4, 0.5) is 0 Å². The summed E-state index contributed by atoms with van der Waals surface area (Å²) >= 11 is 0. The smallest absolute Gasteiger partial charge is 0.0486 e. The number of benzene rings is 2. The van der Waals surface area contributed by atoms with Gasteiger partial charge < -0.3 is 4.57 Å². The van der Waals surface area contributed by atoms with Gasteiger partial charge in [0.2, 0.25) is 0 Å². The van der Waals surface area contributed by atoms with Crippen LogP contribution in [0.2, 0.25) is 0 Å². The first kappa shape index (κ1) is 16.4. The van der Waals surface area contributed by atoms with Crippen molar-refractivity contribution in [1.82, 2.24) is 9.47 Å². The van der Waals surface area contributed by atoms with Crippen LogP contribution < -0.4 is 0 Å². The van der Waals surface area contributed by atoms with Gasteiger partial charge in [0, 0.05) is 42.1 Å². The van der Waals surface area contributed by atoms with Crippen LogP contribution in [0.1, 0.15) is 34.9 Å². The van der Waals surface area contributed by atoms with Crippen molar-refractivity contribution in [3.05, 3.63) is 70.4 Å². The molecule has 2 nitrogen and oxygen atoms in total. The Morgan fingerprint density at radius 1 is 1.04 bits per heavy atom. The van der Waals surface area contributed by atoms with E-state index in [2.05, 4.69) is 79.8 Å². The molecule has 1 unspecified atom stereocenters. The van der Waals surface area contributed by atoms with Gasteiger partial charge in [-0.25, -0.2) is 0 Å². The molecular formula is C23H28N2. The van der Waals surface area contributed by atoms with Gasteiger partial charge in [-0.1, -0.05) is 41.5 Å². The first-order valence-electron chi connectivity index (χ1n) is 9.39. The highest BCUT2D eigenvalue weighted by atomic mass is 15.1. The molecule has 130 valence electrons. The fourth-order valence-electron chi connectivity index (χ4n) is 4.21. The molecule has 2 heteroatoms. The van der Waals surface area contributed by atoms with E-state index in [0.29, 0.717) is 6.04 Å². The summed E-state index contributed by atoms with van der Waals surface area (Å²) in [6, 6.07) is 16.5. The number of rotatable bonds is 3. The van der Waals surface area contributed by atoms with Crippen molar-refractivity contribution >= 4 is 10.9 Å². The minimum absolute atomic E-state index is 0.607. The number of nitrogens with zero attached hydrogens (tertiary/aromatic N) is 2. The Hall–Kier alpha value is -2.06. The van der Waals surface area contributed by atoms with Crippen molar-refractivity contribution < 1.29 is 0 Å². The van der Waals surface area contributed by atoms with E-state index in [9.17, 15) is 0 Å². The van der Waals surface area contributed by atoms with Gasteiger partial charge in [0.05, 0.1) is 0 Å². The zero-order valence-corrected chi connectivity index (χ0v) is 15.8. The molecule has 0 aliphatic carbocycles. The average molecular weight is 332 g/mol. The van der Waals surface area contributed by atoms with E-state index in [4.69, 9.17) is 0 Å². The number of hydrogen-bond acceptors (Lipinski definition) is 1. The number of likely N-dealkylation sites (N-methyl/N-ethyl adjacent to an activating group) is 1. The minimum Gasteiger partial charge on any atom is -0.344 e. The van der Waals surface area contributed by atoms with Gasteiger partial charge in [0.15, 0.2) is 0 Å². The maximum absolute atomic E-state index is 2.59. The first-order chi connectivity index (χ1) is 12.0. The Kier molecular flexibility index (Phi) is 4.16. The molecule has 1 atom stereocenters. The minimum atomic E-state index is 0.607. The van der Waals surface area contributed by atoms with Gasteiger partial charge in [0.25, 0.3) is 0 Å². The molecule has 0 amide bonds. The lowest BCUT2D eigenvalue weighted by atomic mass is 9.99. The maximum atomic E-state index is 2.59. The molecular weight excluding hydrogens is 304 g/mol. The molecule has 3 aromatic rings. The summed E-state index contributed by atoms with van der Waals surface area (Å²) in [5.74, 6) is 0. The second-order valence-corrected chi connectivity index (χ2v) is 7.80. The van der Waals surface area contributed by atoms with Crippen molar-refractivity contribution in [1.29, 1.82) is 0 Å². The fourth-order valence-corrected chi connectivity index (χ4v) is 4.21. The summed E-state index contributed by atoms with van der Waals surface area (Å²) in [5, 5.41) is 1.46. The summed E-state index contributed by atoms with van der Waals surface area (Å²) in [7, 11) is 2.25. The third-order valence-electron chi connectivity index (χ3n) is 5.80. The molecule has 0 radical (unpaired) electrons. The zero-order valence-electron chi connectivity index (χ0n) is 15.8. The molecule has 0 saturated heterocycles. The van der Waals surface area contributed by atoms with Crippen LogP contribution in [0.5, 0.6) is 0 Å². The Morgan fingerprint density at radius 3 is 2.64 bits per heavy atom. The van der Waals surface area contributed by atoms with Crippen LogP contribution in [0.25, 0.3) is 10.9 Å². The van der Waals surface area contributed by atoms with Crippen molar-refractivity contribution in [2.75, 3.05) is 7.05 Å². The van der Waals surface area contributed by atoms with Gasteiger partial charge in [0.1, 0.15) is 0 Å². The van der Waals surface area contributed by atoms with Crippen molar-refractivity contribution in [3.63, 3.8) is 0 Å². The van der Waals surface area contributed by atoms with Crippen LogP contribution in [0.15, 0.2) is 42.5 Å². The van der Waals surface area contributed by atoms with E-state index in [1.54, 1.807) is 11.3 Å². The van der Waals surface area contributed by atoms with E-state index >= 15 is 0 Å². The zero-order chi connectivity index (χ0) is 17.6. The van der Waals surface area contributed by atoms with Crippen LogP contribution in [-0.2, 0) is 25.9 Å². The highest BCUT2D eigenvalue weighted by Crippen LogP contribution is 2.33. The lowest BCUT2D eigenvalue weighted by Crippen LogP contribution is -2.35. The quantitative estimate of drug-likeness (QED) is 0.664. The van der Waals surface area contributed by atoms with Gasteiger partial charge >= 0.3 is 0 Å². The Labute approximate surface area is 151 Å². The largest absolute Gasteiger partial charge is 0.344 e. The molecule has 0 spiro atoms. The van der Waals surface area contributed by atoms with E-state index < -0.39 is 0 Å². The molecule has 1 aromatic heterocycles. The maximum Gasteiger partial charge on any atom is 0.0486 e. The average Bonchev–Trinajstić information content (AvgIpc) is 2.86. The monoisotopic (exact) mass is 332 g/mol. The van der Waals surface area contributed by atoms with Crippen LogP contribution in [0, 0.1) is 13.8 Å². The molecule has 4 rings (SSSR count). The lowest BCUT2D eigenvalue weighted by Gasteiger charge is -2.31. The van der Waals surface area contributed by atoms with Crippen LogP contribution in [-0.4, -0.2) is 22.6 Å². The second kappa shape index (κ2) is 6.34. The van der Waals surface area contributed by atoms with Crippen LogP contribution >= 0.6 is 0 Å². The van der Waals surface area contributed by atoms with Crippen LogP contribution in [0.3, 0.4) is 0 Å². The molecule has 0 saturated carbocycles. The number of aryl methyl sites for hydroxylation is 4. The molecule has 0 bridgehead atoms. The first-order valence-corrected chi connectivity index (χ1v) is 9.39. The predicted octanol–water partition coefficient (Wildman–Crippen LogP) is 4.88. The molecule has 1 aliphatic heterocycles. The third kappa shape index (κ3) is 3.00. The van der Waals surface area contributed by atoms with Crippen molar-refractivity contribution in [2.45, 2.75) is 52.7 Å². The number of aromatic nitrogens is 1. The van der Waals surface area contributed by atoms with E-state index in [-0.39, 0.29) is 0 Å². The molecule has 0 N–H and O–H groups in total. The van der Waals surface area contributed by atoms with Crippen molar-refractivity contribution in [3.8, 4) is 0 Å². The van der Waals surface area contributed by atoms with E-state index in [0.717, 1.165) is 25.9 Å². The topological polar surface area (TPSA) is 8.17 Å². The molecule has 2 aromatic carbocycles.